The minimum Gasteiger partial charge on any atom is -0.193 e. The molecule has 0 aromatic rings. The van der Waals surface area contributed by atoms with Crippen LogP contribution in [0.3, 0.4) is 0 Å². The van der Waals surface area contributed by atoms with Crippen LogP contribution in [0.4, 0.5) is 30.7 Å². The number of hydrogen-bond donors (Lipinski definition) is 0. The molecule has 0 aromatic heterocycles. The van der Waals surface area contributed by atoms with Crippen LogP contribution in [-0.2, 0) is 0 Å². The van der Waals surface area contributed by atoms with Crippen molar-refractivity contribution < 1.29 is 30.7 Å². The molecule has 0 heterocycles. The zero-order valence-electron chi connectivity index (χ0n) is 5.22. The highest BCUT2D eigenvalue weighted by molar-refractivity contribution is 5.01. The van der Waals surface area contributed by atoms with Crippen LogP contribution in [0, 0.1) is 0 Å². The van der Waals surface area contributed by atoms with Gasteiger partial charge < -0.3 is 0 Å². The van der Waals surface area contributed by atoms with Gasteiger partial charge in [0.05, 0.1) is 6.08 Å². The number of allylic oxidation sites excluding steroid dienone is 1. The Hall–Kier alpha value is -0.970. The molecule has 0 amide bonds. The fraction of sp³-hybridized carbons (Fsp3) is 0.400. The second-order valence-corrected chi connectivity index (χ2v) is 1.64. The molecule has 0 aromatic carbocycles. The first-order valence-electron chi connectivity index (χ1n) is 2.40. The number of hydrogen-bond acceptors (Lipinski definition) is 0. The summed E-state index contributed by atoms with van der Waals surface area (Å²) in [5.74, 6) is -2.90. The minimum atomic E-state index is -5.41. The van der Waals surface area contributed by atoms with Gasteiger partial charge in [0.1, 0.15) is 0 Å². The van der Waals surface area contributed by atoms with E-state index in [1.807, 2.05) is 0 Å². The van der Waals surface area contributed by atoms with Gasteiger partial charge in [-0.3, -0.25) is 0 Å². The standard InChI is InChI=1S/C5HF7/c6-3(5(10,11)12)1-2-4(7,8)9/h2H. The highest BCUT2D eigenvalue weighted by Gasteiger charge is 2.35. The first kappa shape index (κ1) is 11.0. The third kappa shape index (κ3) is 4.79. The lowest BCUT2D eigenvalue weighted by molar-refractivity contribution is -0.108. The molecule has 0 N–H and O–H groups in total. The fourth-order valence-corrected chi connectivity index (χ4v) is 0.227. The van der Waals surface area contributed by atoms with Gasteiger partial charge in [-0.2, -0.15) is 30.7 Å². The summed E-state index contributed by atoms with van der Waals surface area (Å²) < 4.78 is 78.5. The molecule has 0 fully saturated rings. The van der Waals surface area contributed by atoms with Crippen LogP contribution in [0.15, 0.2) is 17.6 Å². The van der Waals surface area contributed by atoms with Crippen molar-refractivity contribution in [1.82, 2.24) is 0 Å². The largest absolute Gasteiger partial charge is 0.450 e. The summed E-state index contributed by atoms with van der Waals surface area (Å²) in [6.07, 6.45) is -11.4. The highest BCUT2D eigenvalue weighted by Crippen LogP contribution is 2.26. The molecular formula is C5HF7. The van der Waals surface area contributed by atoms with Gasteiger partial charge >= 0.3 is 12.4 Å². The molecule has 0 aliphatic rings. The van der Waals surface area contributed by atoms with Gasteiger partial charge in [-0.05, 0) is 0 Å². The van der Waals surface area contributed by atoms with E-state index < -0.39 is 24.3 Å². The lowest BCUT2D eigenvalue weighted by Crippen LogP contribution is -2.07. The van der Waals surface area contributed by atoms with Crippen molar-refractivity contribution in [1.29, 1.82) is 0 Å². The second kappa shape index (κ2) is 3.18. The van der Waals surface area contributed by atoms with E-state index in [1.165, 1.54) is 0 Å². The summed E-state index contributed by atoms with van der Waals surface area (Å²) in [7, 11) is 0. The highest BCUT2D eigenvalue weighted by atomic mass is 19.4. The number of alkyl halides is 6. The van der Waals surface area contributed by atoms with Gasteiger partial charge in [0.15, 0.2) is 0 Å². The summed E-state index contributed by atoms with van der Waals surface area (Å²) in [4.78, 5) is 0. The van der Waals surface area contributed by atoms with Crippen molar-refractivity contribution in [3.05, 3.63) is 17.6 Å². The van der Waals surface area contributed by atoms with E-state index >= 15 is 0 Å². The number of rotatable bonds is 0. The Labute approximate surface area is 62.0 Å². The van der Waals surface area contributed by atoms with E-state index in [1.54, 1.807) is 0 Å². The Kier molecular flexibility index (Phi) is 2.93. The zero-order valence-corrected chi connectivity index (χ0v) is 5.22. The molecule has 0 rings (SSSR count). The topological polar surface area (TPSA) is 0 Å². The molecule has 70 valence electrons. The van der Waals surface area contributed by atoms with Gasteiger partial charge in [0.25, 0.3) is 0 Å². The summed E-state index contributed by atoms with van der Waals surface area (Å²) in [6, 6.07) is 0. The first-order chi connectivity index (χ1) is 5.13. The van der Waals surface area contributed by atoms with Crippen molar-refractivity contribution >= 4 is 0 Å². The average Bonchev–Trinajstić information content (AvgIpc) is 1.78. The van der Waals surface area contributed by atoms with Crippen molar-refractivity contribution in [3.8, 4) is 0 Å². The molecule has 0 spiro atoms. The normalized spacial score (nSPS) is 12.2. The SMILES string of the molecule is FC(=C=CC(F)(F)F)C(F)(F)F. The summed E-state index contributed by atoms with van der Waals surface area (Å²) in [6.45, 7) is 0. The van der Waals surface area contributed by atoms with Crippen molar-refractivity contribution in [2.24, 2.45) is 0 Å². The van der Waals surface area contributed by atoms with E-state index in [9.17, 15) is 30.7 Å². The predicted octanol–water partition coefficient (Wildman–Crippen LogP) is 3.12. The molecule has 0 aliphatic carbocycles. The lowest BCUT2D eigenvalue weighted by Gasteiger charge is -1.98. The van der Waals surface area contributed by atoms with E-state index in [2.05, 4.69) is 0 Å². The van der Waals surface area contributed by atoms with Gasteiger partial charge in [-0.1, -0.05) is 5.73 Å². The Morgan fingerprint density at radius 3 is 1.67 bits per heavy atom. The second-order valence-electron chi connectivity index (χ2n) is 1.64. The monoisotopic (exact) mass is 194 g/mol. The molecule has 12 heavy (non-hydrogen) atoms. The van der Waals surface area contributed by atoms with Gasteiger partial charge in [-0.25, -0.2) is 0 Å². The maximum Gasteiger partial charge on any atom is 0.450 e. The van der Waals surface area contributed by atoms with E-state index in [0.717, 1.165) is 0 Å². The summed E-state index contributed by atoms with van der Waals surface area (Å²) in [5, 5.41) is 0. The molecule has 0 atom stereocenters. The van der Waals surface area contributed by atoms with E-state index in [4.69, 9.17) is 0 Å². The molecule has 0 nitrogen and oxygen atoms in total. The Bertz CT molecular complexity index is 211. The molecule has 0 saturated heterocycles. The van der Waals surface area contributed by atoms with Crippen LogP contribution in [0.25, 0.3) is 0 Å². The third-order valence-electron chi connectivity index (χ3n) is 0.611. The van der Waals surface area contributed by atoms with Crippen molar-refractivity contribution in [2.75, 3.05) is 0 Å². The van der Waals surface area contributed by atoms with Gasteiger partial charge in [0, 0.05) is 0 Å². The Balaban J connectivity index is 4.69. The van der Waals surface area contributed by atoms with Gasteiger partial charge in [0.2, 0.25) is 5.83 Å². The first-order valence-corrected chi connectivity index (χ1v) is 2.40. The lowest BCUT2D eigenvalue weighted by atomic mass is 10.5. The van der Waals surface area contributed by atoms with E-state index in [0.29, 0.717) is 5.73 Å². The Morgan fingerprint density at radius 2 is 1.42 bits per heavy atom. The van der Waals surface area contributed by atoms with Crippen LogP contribution in [0.1, 0.15) is 0 Å². The Morgan fingerprint density at radius 1 is 1.00 bits per heavy atom. The van der Waals surface area contributed by atoms with Gasteiger partial charge in [-0.15, -0.1) is 0 Å². The molecule has 0 unspecified atom stereocenters. The molecule has 0 aliphatic heterocycles. The smallest absolute Gasteiger partial charge is 0.193 e. The number of halogens is 7. The fourth-order valence-electron chi connectivity index (χ4n) is 0.227. The summed E-state index contributed by atoms with van der Waals surface area (Å²) >= 11 is 0. The molecular weight excluding hydrogens is 193 g/mol. The molecule has 0 radical (unpaired) electrons. The minimum absolute atomic E-state index is 0.438. The van der Waals surface area contributed by atoms with Crippen molar-refractivity contribution in [3.63, 3.8) is 0 Å². The predicted molar refractivity (Wildman–Crippen MR) is 24.8 cm³/mol. The van der Waals surface area contributed by atoms with Crippen LogP contribution in [0.2, 0.25) is 0 Å². The molecule has 0 bridgehead atoms. The van der Waals surface area contributed by atoms with Crippen LogP contribution in [-0.4, -0.2) is 12.4 Å². The van der Waals surface area contributed by atoms with Crippen LogP contribution >= 0.6 is 0 Å². The van der Waals surface area contributed by atoms with E-state index in [-0.39, 0.29) is 0 Å². The quantitative estimate of drug-likeness (QED) is 0.410. The third-order valence-corrected chi connectivity index (χ3v) is 0.611. The zero-order chi connectivity index (χ0) is 9.99. The maximum absolute atomic E-state index is 11.6. The maximum atomic E-state index is 11.6. The van der Waals surface area contributed by atoms with Crippen LogP contribution in [0.5, 0.6) is 0 Å². The average molecular weight is 194 g/mol. The summed E-state index contributed by atoms with van der Waals surface area (Å²) in [5.41, 5.74) is 0.438. The molecule has 0 saturated carbocycles. The molecule has 7 heteroatoms. The van der Waals surface area contributed by atoms with Crippen molar-refractivity contribution in [2.45, 2.75) is 12.4 Å². The van der Waals surface area contributed by atoms with Crippen LogP contribution < -0.4 is 0 Å².